The summed E-state index contributed by atoms with van der Waals surface area (Å²) in [6.45, 7) is 4.99. The van der Waals surface area contributed by atoms with Crippen molar-refractivity contribution < 1.29 is 9.53 Å². The van der Waals surface area contributed by atoms with E-state index in [1.54, 1.807) is 11.8 Å². The molecule has 1 saturated carbocycles. The third kappa shape index (κ3) is 4.36. The molecule has 1 aliphatic rings. The Kier molecular flexibility index (Phi) is 5.82. The quantitative estimate of drug-likeness (QED) is 0.536. The van der Waals surface area contributed by atoms with Gasteiger partial charge in [-0.2, -0.15) is 5.10 Å². The van der Waals surface area contributed by atoms with Crippen molar-refractivity contribution in [3.63, 3.8) is 0 Å². The number of carbonyl (C=O) groups excluding carboxylic acids is 1. The summed E-state index contributed by atoms with van der Waals surface area (Å²) in [5, 5.41) is 4.96. The highest BCUT2D eigenvalue weighted by Gasteiger charge is 2.35. The molecule has 0 unspecified atom stereocenters. The maximum absolute atomic E-state index is 13.5. The van der Waals surface area contributed by atoms with E-state index in [1.807, 2.05) is 36.1 Å². The average molecular weight is 424 g/mol. The van der Waals surface area contributed by atoms with Crippen molar-refractivity contribution >= 4 is 17.5 Å². The number of aryl methyl sites for hydroxylation is 2. The second-order valence-electron chi connectivity index (χ2n) is 7.91. The van der Waals surface area contributed by atoms with Gasteiger partial charge in [-0.1, -0.05) is 53.6 Å². The van der Waals surface area contributed by atoms with E-state index < -0.39 is 0 Å². The Balaban J connectivity index is 1.57. The number of methoxy groups -OCH3 is 1. The molecule has 156 valence electrons. The van der Waals surface area contributed by atoms with Crippen LogP contribution in [0.25, 0.3) is 0 Å². The first-order valence-corrected chi connectivity index (χ1v) is 10.6. The Hall–Kier alpha value is -2.79. The van der Waals surface area contributed by atoms with Crippen LogP contribution in [-0.2, 0) is 13.1 Å². The fourth-order valence-electron chi connectivity index (χ4n) is 3.59. The Bertz CT molecular complexity index is 1040. The van der Waals surface area contributed by atoms with Gasteiger partial charge in [-0.25, -0.2) is 4.68 Å². The molecule has 2 aromatic carbocycles. The topological polar surface area (TPSA) is 47.4 Å². The first kappa shape index (κ1) is 20.5. The Labute approximate surface area is 182 Å². The number of halogens is 1. The number of aromatic nitrogens is 2. The SMILES string of the molecule is COc1ccc(CN(C(=O)c2c(C)nn(Cc3ccc(C)cc3)c2Cl)C2CC2)cc1. The maximum atomic E-state index is 13.5. The highest BCUT2D eigenvalue weighted by atomic mass is 35.5. The first-order valence-electron chi connectivity index (χ1n) is 10.2. The van der Waals surface area contributed by atoms with Crippen LogP contribution in [-0.4, -0.2) is 33.7 Å². The molecule has 1 amide bonds. The van der Waals surface area contributed by atoms with Crippen molar-refractivity contribution in [2.75, 3.05) is 7.11 Å². The Morgan fingerprint density at radius 1 is 1.10 bits per heavy atom. The Morgan fingerprint density at radius 2 is 1.73 bits per heavy atom. The number of nitrogens with zero attached hydrogens (tertiary/aromatic N) is 3. The molecule has 5 nitrogen and oxygen atoms in total. The monoisotopic (exact) mass is 423 g/mol. The highest BCUT2D eigenvalue weighted by Crippen LogP contribution is 2.32. The standard InChI is InChI=1S/C24H26ClN3O2/c1-16-4-6-19(7-5-16)15-28-23(25)22(17(2)26-28)24(29)27(20-10-11-20)14-18-8-12-21(30-3)13-9-18/h4-9,12-13,20H,10-11,14-15H2,1-3H3. The van der Waals surface area contributed by atoms with E-state index in [2.05, 4.69) is 36.3 Å². The van der Waals surface area contributed by atoms with E-state index in [-0.39, 0.29) is 11.9 Å². The van der Waals surface area contributed by atoms with Gasteiger partial charge in [-0.3, -0.25) is 4.79 Å². The van der Waals surface area contributed by atoms with Crippen molar-refractivity contribution in [2.45, 2.75) is 45.8 Å². The maximum Gasteiger partial charge on any atom is 0.259 e. The van der Waals surface area contributed by atoms with Gasteiger partial charge in [0.05, 0.1) is 24.9 Å². The fourth-order valence-corrected chi connectivity index (χ4v) is 3.91. The van der Waals surface area contributed by atoms with Gasteiger partial charge in [0.1, 0.15) is 10.9 Å². The molecule has 1 aromatic heterocycles. The molecule has 3 aromatic rings. The molecule has 1 fully saturated rings. The molecule has 1 aliphatic carbocycles. The van der Waals surface area contributed by atoms with E-state index in [0.717, 1.165) is 29.7 Å². The number of carbonyl (C=O) groups is 1. The predicted octanol–water partition coefficient (Wildman–Crippen LogP) is 5.02. The molecule has 0 atom stereocenters. The van der Waals surface area contributed by atoms with Gasteiger partial charge in [0.25, 0.3) is 5.91 Å². The van der Waals surface area contributed by atoms with Crippen LogP contribution >= 0.6 is 11.6 Å². The molecular weight excluding hydrogens is 398 g/mol. The van der Waals surface area contributed by atoms with Crippen LogP contribution in [0.2, 0.25) is 5.15 Å². The molecule has 0 aliphatic heterocycles. The summed E-state index contributed by atoms with van der Waals surface area (Å²) in [4.78, 5) is 15.4. The minimum absolute atomic E-state index is 0.0500. The summed E-state index contributed by atoms with van der Waals surface area (Å²) >= 11 is 6.65. The lowest BCUT2D eigenvalue weighted by molar-refractivity contribution is 0.0729. The molecule has 0 saturated heterocycles. The van der Waals surface area contributed by atoms with Gasteiger partial charge in [0.15, 0.2) is 0 Å². The summed E-state index contributed by atoms with van der Waals surface area (Å²) in [6.07, 6.45) is 2.05. The molecule has 0 bridgehead atoms. The zero-order chi connectivity index (χ0) is 21.3. The van der Waals surface area contributed by atoms with Crippen molar-refractivity contribution in [3.8, 4) is 5.75 Å². The van der Waals surface area contributed by atoms with Gasteiger partial charge in [0.2, 0.25) is 0 Å². The average Bonchev–Trinajstić information content (AvgIpc) is 3.54. The van der Waals surface area contributed by atoms with Gasteiger partial charge in [0, 0.05) is 12.6 Å². The largest absolute Gasteiger partial charge is 0.497 e. The van der Waals surface area contributed by atoms with Crippen LogP contribution in [0.15, 0.2) is 48.5 Å². The molecule has 0 N–H and O–H groups in total. The molecule has 1 heterocycles. The summed E-state index contributed by atoms with van der Waals surface area (Å²) < 4.78 is 6.95. The van der Waals surface area contributed by atoms with Crippen LogP contribution < -0.4 is 4.74 Å². The third-order valence-electron chi connectivity index (χ3n) is 5.49. The molecule has 30 heavy (non-hydrogen) atoms. The van der Waals surface area contributed by atoms with E-state index in [4.69, 9.17) is 16.3 Å². The minimum atomic E-state index is -0.0500. The normalized spacial score (nSPS) is 13.3. The van der Waals surface area contributed by atoms with Crippen LogP contribution in [0.3, 0.4) is 0 Å². The lowest BCUT2D eigenvalue weighted by Gasteiger charge is -2.23. The number of ether oxygens (including phenoxy) is 1. The lowest BCUT2D eigenvalue weighted by atomic mass is 10.1. The fraction of sp³-hybridized carbons (Fsp3) is 0.333. The van der Waals surface area contributed by atoms with Crippen molar-refractivity contribution in [3.05, 3.63) is 81.6 Å². The number of benzene rings is 2. The van der Waals surface area contributed by atoms with Crippen LogP contribution in [0.5, 0.6) is 5.75 Å². The second kappa shape index (κ2) is 8.52. The van der Waals surface area contributed by atoms with Gasteiger partial charge >= 0.3 is 0 Å². The first-order chi connectivity index (χ1) is 14.5. The molecule has 4 rings (SSSR count). The molecule has 0 radical (unpaired) electrons. The second-order valence-corrected chi connectivity index (χ2v) is 8.26. The molecule has 6 heteroatoms. The van der Waals surface area contributed by atoms with Gasteiger partial charge in [-0.15, -0.1) is 0 Å². The zero-order valence-electron chi connectivity index (χ0n) is 17.6. The zero-order valence-corrected chi connectivity index (χ0v) is 18.3. The van der Waals surface area contributed by atoms with Crippen molar-refractivity contribution in [1.29, 1.82) is 0 Å². The number of rotatable bonds is 7. The van der Waals surface area contributed by atoms with Crippen LogP contribution in [0.1, 0.15) is 45.6 Å². The third-order valence-corrected chi connectivity index (χ3v) is 5.88. The molecular formula is C24H26ClN3O2. The summed E-state index contributed by atoms with van der Waals surface area (Å²) in [5.74, 6) is 0.755. The van der Waals surface area contributed by atoms with Crippen molar-refractivity contribution in [1.82, 2.24) is 14.7 Å². The molecule has 0 spiro atoms. The van der Waals surface area contributed by atoms with Crippen LogP contribution in [0, 0.1) is 13.8 Å². The van der Waals surface area contributed by atoms with E-state index in [0.29, 0.717) is 29.5 Å². The van der Waals surface area contributed by atoms with Crippen molar-refractivity contribution in [2.24, 2.45) is 0 Å². The summed E-state index contributed by atoms with van der Waals surface area (Å²) in [6, 6.07) is 16.3. The predicted molar refractivity (Wildman–Crippen MR) is 118 cm³/mol. The Morgan fingerprint density at radius 3 is 2.33 bits per heavy atom. The highest BCUT2D eigenvalue weighted by molar-refractivity contribution is 6.33. The summed E-state index contributed by atoms with van der Waals surface area (Å²) in [5.41, 5.74) is 4.54. The number of hydrogen-bond acceptors (Lipinski definition) is 3. The number of hydrogen-bond donors (Lipinski definition) is 0. The summed E-state index contributed by atoms with van der Waals surface area (Å²) in [7, 11) is 1.65. The minimum Gasteiger partial charge on any atom is -0.497 e. The van der Waals surface area contributed by atoms with E-state index >= 15 is 0 Å². The smallest absolute Gasteiger partial charge is 0.259 e. The van der Waals surface area contributed by atoms with Crippen LogP contribution in [0.4, 0.5) is 0 Å². The van der Waals surface area contributed by atoms with Gasteiger partial charge < -0.3 is 9.64 Å². The number of amides is 1. The van der Waals surface area contributed by atoms with E-state index in [9.17, 15) is 4.79 Å². The lowest BCUT2D eigenvalue weighted by Crippen LogP contribution is -2.33. The van der Waals surface area contributed by atoms with Gasteiger partial charge in [-0.05, 0) is 49.9 Å². The van der Waals surface area contributed by atoms with E-state index in [1.165, 1.54) is 5.56 Å².